The van der Waals surface area contributed by atoms with Crippen LogP contribution in [0.5, 0.6) is 0 Å². The molecule has 0 aliphatic heterocycles. The van der Waals surface area contributed by atoms with Crippen molar-refractivity contribution < 1.29 is 4.79 Å². The lowest BCUT2D eigenvalue weighted by molar-refractivity contribution is -0.116. The molecule has 0 radical (unpaired) electrons. The molecule has 0 saturated carbocycles. The number of carbonyl (C=O) groups excluding carboxylic acids is 1. The number of hydrogen-bond donors (Lipinski definition) is 1. The lowest BCUT2D eigenvalue weighted by Crippen LogP contribution is -2.02. The number of hydrogen-bond acceptors (Lipinski definition) is 2. The Labute approximate surface area is 95.6 Å². The molecule has 13 heavy (non-hydrogen) atoms. The second kappa shape index (κ2) is 4.28. The average Bonchev–Trinajstić information content (AvgIpc) is 2.01. The molecule has 2 nitrogen and oxygen atoms in total. The molecule has 0 aliphatic carbocycles. The molecule has 0 aromatic heterocycles. The van der Waals surface area contributed by atoms with Gasteiger partial charge in [-0.05, 0) is 53.3 Å². The van der Waals surface area contributed by atoms with Crippen LogP contribution in [0.15, 0.2) is 18.2 Å². The van der Waals surface area contributed by atoms with Crippen molar-refractivity contribution in [1.29, 1.82) is 0 Å². The number of carbonyl (C=O) groups is 1. The maximum atomic E-state index is 11.0. The second-order valence-corrected chi connectivity index (χ2v) is 4.47. The number of rotatable bonds is 2. The SMILES string of the molecule is CC(=O)C(Cl)c1cc(N)cc(I)c1. The molecular formula is C9H9ClINO. The number of ketones is 1. The van der Waals surface area contributed by atoms with Crippen molar-refractivity contribution in [2.45, 2.75) is 12.3 Å². The molecule has 1 rings (SSSR count). The van der Waals surface area contributed by atoms with Gasteiger partial charge in [-0.25, -0.2) is 0 Å². The van der Waals surface area contributed by atoms with Gasteiger partial charge in [-0.2, -0.15) is 0 Å². The topological polar surface area (TPSA) is 43.1 Å². The third kappa shape index (κ3) is 2.84. The summed E-state index contributed by atoms with van der Waals surface area (Å²) in [5, 5.41) is -0.586. The molecule has 0 aliphatic rings. The highest BCUT2D eigenvalue weighted by atomic mass is 127. The molecule has 1 aromatic carbocycles. The molecule has 70 valence electrons. The zero-order valence-electron chi connectivity index (χ0n) is 7.05. The van der Waals surface area contributed by atoms with Crippen molar-refractivity contribution in [1.82, 2.24) is 0 Å². The van der Waals surface area contributed by atoms with Gasteiger partial charge in [0.25, 0.3) is 0 Å². The molecule has 0 amide bonds. The quantitative estimate of drug-likeness (QED) is 0.518. The van der Waals surface area contributed by atoms with E-state index in [1.54, 1.807) is 6.07 Å². The Morgan fingerprint density at radius 2 is 2.15 bits per heavy atom. The van der Waals surface area contributed by atoms with Crippen LogP contribution in [0, 0.1) is 3.57 Å². The molecule has 1 unspecified atom stereocenters. The van der Waals surface area contributed by atoms with Crippen LogP contribution in [0.25, 0.3) is 0 Å². The van der Waals surface area contributed by atoms with Gasteiger partial charge in [-0.3, -0.25) is 4.79 Å². The molecular weight excluding hydrogens is 300 g/mol. The van der Waals surface area contributed by atoms with Crippen LogP contribution in [0.2, 0.25) is 0 Å². The van der Waals surface area contributed by atoms with Crippen molar-refractivity contribution in [2.75, 3.05) is 5.73 Å². The average molecular weight is 310 g/mol. The number of Topliss-reactive ketones (excluding diaryl/α,β-unsaturated/α-hetero) is 1. The van der Waals surface area contributed by atoms with Gasteiger partial charge in [0, 0.05) is 9.26 Å². The molecule has 1 atom stereocenters. The fraction of sp³-hybridized carbons (Fsp3) is 0.222. The highest BCUT2D eigenvalue weighted by Crippen LogP contribution is 2.25. The molecule has 2 N–H and O–H groups in total. The van der Waals surface area contributed by atoms with Gasteiger partial charge in [0.1, 0.15) is 5.38 Å². The lowest BCUT2D eigenvalue weighted by atomic mass is 10.1. The summed E-state index contributed by atoms with van der Waals surface area (Å²) in [5.41, 5.74) is 7.02. The van der Waals surface area contributed by atoms with Crippen LogP contribution in [0.4, 0.5) is 5.69 Å². The van der Waals surface area contributed by atoms with Gasteiger partial charge in [-0.15, -0.1) is 11.6 Å². The minimum atomic E-state index is -0.586. The lowest BCUT2D eigenvalue weighted by Gasteiger charge is -2.07. The van der Waals surface area contributed by atoms with Crippen LogP contribution in [0.3, 0.4) is 0 Å². The zero-order valence-corrected chi connectivity index (χ0v) is 9.96. The molecule has 0 bridgehead atoms. The van der Waals surface area contributed by atoms with E-state index in [4.69, 9.17) is 17.3 Å². The normalized spacial score (nSPS) is 12.5. The van der Waals surface area contributed by atoms with E-state index in [1.807, 2.05) is 12.1 Å². The largest absolute Gasteiger partial charge is 0.399 e. The van der Waals surface area contributed by atoms with Crippen LogP contribution in [0.1, 0.15) is 17.9 Å². The second-order valence-electron chi connectivity index (χ2n) is 2.79. The summed E-state index contributed by atoms with van der Waals surface area (Å²) in [4.78, 5) is 11.0. The van der Waals surface area contributed by atoms with Crippen LogP contribution < -0.4 is 5.73 Å². The van der Waals surface area contributed by atoms with E-state index in [1.165, 1.54) is 6.92 Å². The number of benzene rings is 1. The van der Waals surface area contributed by atoms with Gasteiger partial charge in [0.2, 0.25) is 0 Å². The van der Waals surface area contributed by atoms with Crippen LogP contribution in [-0.2, 0) is 4.79 Å². The van der Waals surface area contributed by atoms with Crippen LogP contribution in [-0.4, -0.2) is 5.78 Å². The van der Waals surface area contributed by atoms with E-state index in [9.17, 15) is 4.79 Å². The predicted octanol–water partition coefficient (Wildman–Crippen LogP) is 2.74. The summed E-state index contributed by atoms with van der Waals surface area (Å²) in [5.74, 6) is -0.0666. The van der Waals surface area contributed by atoms with Gasteiger partial charge >= 0.3 is 0 Å². The van der Waals surface area contributed by atoms with Crippen molar-refractivity contribution in [3.63, 3.8) is 0 Å². The maximum absolute atomic E-state index is 11.0. The number of anilines is 1. The summed E-state index contributed by atoms with van der Waals surface area (Å²) in [6.45, 7) is 1.47. The number of alkyl halides is 1. The molecule has 0 heterocycles. The Bertz CT molecular complexity index is 320. The molecule has 0 spiro atoms. The van der Waals surface area contributed by atoms with Crippen molar-refractivity contribution in [3.8, 4) is 0 Å². The van der Waals surface area contributed by atoms with Gasteiger partial charge < -0.3 is 5.73 Å². The van der Waals surface area contributed by atoms with Gasteiger partial charge in [-0.1, -0.05) is 0 Å². The molecule has 0 fully saturated rings. The predicted molar refractivity (Wildman–Crippen MR) is 62.8 cm³/mol. The Morgan fingerprint density at radius 3 is 2.62 bits per heavy atom. The van der Waals surface area contributed by atoms with E-state index in [-0.39, 0.29) is 5.78 Å². The van der Waals surface area contributed by atoms with Gasteiger partial charge in [0.05, 0.1) is 0 Å². The van der Waals surface area contributed by atoms with Crippen LogP contribution >= 0.6 is 34.2 Å². The van der Waals surface area contributed by atoms with Crippen molar-refractivity contribution in [3.05, 3.63) is 27.3 Å². The molecule has 1 aromatic rings. The monoisotopic (exact) mass is 309 g/mol. The van der Waals surface area contributed by atoms with E-state index in [0.29, 0.717) is 5.69 Å². The smallest absolute Gasteiger partial charge is 0.152 e. The highest BCUT2D eigenvalue weighted by Gasteiger charge is 2.13. The Balaban J connectivity index is 3.07. The Kier molecular flexibility index (Phi) is 3.55. The highest BCUT2D eigenvalue weighted by molar-refractivity contribution is 14.1. The Hall–Kier alpha value is -0.290. The standard InChI is InChI=1S/C9H9ClINO/c1-5(13)9(10)6-2-7(11)4-8(12)3-6/h2-4,9H,12H2,1H3. The fourth-order valence-corrected chi connectivity index (χ4v) is 1.86. The first kappa shape index (κ1) is 10.8. The molecule has 4 heteroatoms. The summed E-state index contributed by atoms with van der Waals surface area (Å²) >= 11 is 8.01. The Morgan fingerprint density at radius 1 is 1.54 bits per heavy atom. The zero-order chi connectivity index (χ0) is 10.0. The van der Waals surface area contributed by atoms with E-state index in [2.05, 4.69) is 22.6 Å². The minimum absolute atomic E-state index is 0.0666. The maximum Gasteiger partial charge on any atom is 0.152 e. The summed E-state index contributed by atoms with van der Waals surface area (Å²) < 4.78 is 0.986. The third-order valence-electron chi connectivity index (χ3n) is 1.59. The fourth-order valence-electron chi connectivity index (χ4n) is 1.02. The minimum Gasteiger partial charge on any atom is -0.399 e. The van der Waals surface area contributed by atoms with E-state index >= 15 is 0 Å². The number of nitrogen functional groups attached to an aromatic ring is 1. The molecule has 0 saturated heterocycles. The third-order valence-corrected chi connectivity index (χ3v) is 2.77. The first-order valence-electron chi connectivity index (χ1n) is 3.71. The van der Waals surface area contributed by atoms with E-state index < -0.39 is 5.38 Å². The summed E-state index contributed by atoms with van der Waals surface area (Å²) in [6.07, 6.45) is 0. The van der Waals surface area contributed by atoms with Gasteiger partial charge in [0.15, 0.2) is 5.78 Å². The van der Waals surface area contributed by atoms with Crippen molar-refractivity contribution >= 4 is 45.7 Å². The number of halogens is 2. The van der Waals surface area contributed by atoms with Crippen molar-refractivity contribution in [2.24, 2.45) is 0 Å². The first-order valence-corrected chi connectivity index (χ1v) is 5.22. The van der Waals surface area contributed by atoms with E-state index in [0.717, 1.165) is 9.13 Å². The first-order chi connectivity index (χ1) is 6.00. The summed E-state index contributed by atoms with van der Waals surface area (Å²) in [6, 6.07) is 5.41. The number of nitrogens with two attached hydrogens (primary N) is 1. The summed E-state index contributed by atoms with van der Waals surface area (Å²) in [7, 11) is 0.